The van der Waals surface area contributed by atoms with Crippen LogP contribution in [0.25, 0.3) is 0 Å². The summed E-state index contributed by atoms with van der Waals surface area (Å²) in [6, 6.07) is 0. The van der Waals surface area contributed by atoms with Crippen LogP contribution >= 0.6 is 0 Å². The summed E-state index contributed by atoms with van der Waals surface area (Å²) in [7, 11) is 1.71. The smallest absolute Gasteiger partial charge is 0.203 e. The van der Waals surface area contributed by atoms with Crippen LogP contribution < -0.4 is 5.32 Å². The lowest BCUT2D eigenvalue weighted by molar-refractivity contribution is 0.210. The van der Waals surface area contributed by atoms with E-state index in [4.69, 9.17) is 4.74 Å². The number of hydrogen-bond acceptors (Lipinski definition) is 3. The standard InChI is InChI=1S/C13H25N3O/c1-6-13(3,4)10-16-9-11(2)15-12(16)14-7-8-17-5/h9H,6-8,10H2,1-5H3,(H,14,15). The first-order chi connectivity index (χ1) is 7.98. The quantitative estimate of drug-likeness (QED) is 0.744. The van der Waals surface area contributed by atoms with E-state index in [0.717, 1.165) is 31.2 Å². The van der Waals surface area contributed by atoms with Crippen LogP contribution in [0.2, 0.25) is 0 Å². The summed E-state index contributed by atoms with van der Waals surface area (Å²) in [5.74, 6) is 0.945. The first-order valence-corrected chi connectivity index (χ1v) is 6.25. The Labute approximate surface area is 104 Å². The number of aromatic nitrogens is 2. The third kappa shape index (κ3) is 4.38. The maximum Gasteiger partial charge on any atom is 0.203 e. The van der Waals surface area contributed by atoms with Crippen LogP contribution in [-0.4, -0.2) is 29.8 Å². The summed E-state index contributed by atoms with van der Waals surface area (Å²) in [5, 5.41) is 3.31. The first-order valence-electron chi connectivity index (χ1n) is 6.25. The van der Waals surface area contributed by atoms with Gasteiger partial charge in [0.1, 0.15) is 0 Å². The third-order valence-corrected chi connectivity index (χ3v) is 3.04. The number of rotatable bonds is 7. The Morgan fingerprint density at radius 1 is 1.47 bits per heavy atom. The number of nitrogens with one attached hydrogen (secondary N) is 1. The van der Waals surface area contributed by atoms with Gasteiger partial charge in [-0.1, -0.05) is 20.8 Å². The van der Waals surface area contributed by atoms with E-state index in [1.165, 1.54) is 0 Å². The van der Waals surface area contributed by atoms with Crippen molar-refractivity contribution in [2.24, 2.45) is 5.41 Å². The lowest BCUT2D eigenvalue weighted by atomic mass is 9.90. The first kappa shape index (κ1) is 14.0. The van der Waals surface area contributed by atoms with E-state index in [2.05, 4.69) is 41.8 Å². The van der Waals surface area contributed by atoms with Gasteiger partial charge in [0.05, 0.1) is 12.3 Å². The number of imidazole rings is 1. The van der Waals surface area contributed by atoms with Crippen molar-refractivity contribution in [3.63, 3.8) is 0 Å². The Morgan fingerprint density at radius 3 is 2.76 bits per heavy atom. The monoisotopic (exact) mass is 239 g/mol. The molecule has 0 saturated carbocycles. The van der Waals surface area contributed by atoms with Crippen LogP contribution in [0.4, 0.5) is 5.95 Å². The molecule has 0 amide bonds. The van der Waals surface area contributed by atoms with Gasteiger partial charge >= 0.3 is 0 Å². The Kier molecular flexibility index (Phi) is 5.00. The fraction of sp³-hybridized carbons (Fsp3) is 0.769. The predicted molar refractivity (Wildman–Crippen MR) is 71.4 cm³/mol. The van der Waals surface area contributed by atoms with Gasteiger partial charge in [0.2, 0.25) is 5.95 Å². The van der Waals surface area contributed by atoms with E-state index in [9.17, 15) is 0 Å². The van der Waals surface area contributed by atoms with Crippen LogP contribution in [0.3, 0.4) is 0 Å². The predicted octanol–water partition coefficient (Wildman–Crippen LogP) is 2.69. The molecular formula is C13H25N3O. The highest BCUT2D eigenvalue weighted by molar-refractivity contribution is 5.28. The normalized spacial score (nSPS) is 11.8. The molecule has 4 heteroatoms. The van der Waals surface area contributed by atoms with Crippen LogP contribution in [0.15, 0.2) is 6.20 Å². The van der Waals surface area contributed by atoms with Crippen LogP contribution in [-0.2, 0) is 11.3 Å². The molecule has 0 aliphatic heterocycles. The maximum atomic E-state index is 5.03. The summed E-state index contributed by atoms with van der Waals surface area (Å²) in [5.41, 5.74) is 1.35. The topological polar surface area (TPSA) is 39.1 Å². The van der Waals surface area contributed by atoms with Crippen LogP contribution in [0, 0.1) is 12.3 Å². The second-order valence-corrected chi connectivity index (χ2v) is 5.27. The van der Waals surface area contributed by atoms with E-state index in [0.29, 0.717) is 12.0 Å². The summed E-state index contributed by atoms with van der Waals surface area (Å²) < 4.78 is 7.24. The van der Waals surface area contributed by atoms with Crippen molar-refractivity contribution < 1.29 is 4.74 Å². The van der Waals surface area contributed by atoms with Crippen molar-refractivity contribution in [3.05, 3.63) is 11.9 Å². The lowest BCUT2D eigenvalue weighted by Crippen LogP contribution is -2.20. The number of aryl methyl sites for hydroxylation is 1. The number of anilines is 1. The van der Waals surface area contributed by atoms with Gasteiger partial charge in [0, 0.05) is 26.4 Å². The van der Waals surface area contributed by atoms with Crippen molar-refractivity contribution in [1.82, 2.24) is 9.55 Å². The second-order valence-electron chi connectivity index (χ2n) is 5.27. The summed E-state index contributed by atoms with van der Waals surface area (Å²) in [6.45, 7) is 11.3. The zero-order valence-electron chi connectivity index (χ0n) is 11.7. The van der Waals surface area contributed by atoms with Gasteiger partial charge in [0.25, 0.3) is 0 Å². The van der Waals surface area contributed by atoms with E-state index in [1.54, 1.807) is 7.11 Å². The van der Waals surface area contributed by atoms with Crippen molar-refractivity contribution in [2.45, 2.75) is 40.7 Å². The molecule has 0 aliphatic rings. The van der Waals surface area contributed by atoms with Gasteiger partial charge in [-0.2, -0.15) is 0 Å². The molecule has 0 spiro atoms. The molecular weight excluding hydrogens is 214 g/mol. The van der Waals surface area contributed by atoms with E-state index >= 15 is 0 Å². The van der Waals surface area contributed by atoms with Crippen molar-refractivity contribution in [1.29, 1.82) is 0 Å². The highest BCUT2D eigenvalue weighted by atomic mass is 16.5. The molecule has 1 heterocycles. The molecule has 0 aromatic carbocycles. The molecule has 4 nitrogen and oxygen atoms in total. The highest BCUT2D eigenvalue weighted by Gasteiger charge is 2.18. The fourth-order valence-electron chi connectivity index (χ4n) is 1.65. The van der Waals surface area contributed by atoms with Gasteiger partial charge in [-0.25, -0.2) is 4.98 Å². The molecule has 1 N–H and O–H groups in total. The van der Waals surface area contributed by atoms with Gasteiger partial charge < -0.3 is 14.6 Å². The van der Waals surface area contributed by atoms with E-state index < -0.39 is 0 Å². The Balaban J connectivity index is 2.70. The van der Waals surface area contributed by atoms with E-state index in [-0.39, 0.29) is 0 Å². The van der Waals surface area contributed by atoms with Gasteiger partial charge in [0.15, 0.2) is 0 Å². The van der Waals surface area contributed by atoms with Gasteiger partial charge in [-0.15, -0.1) is 0 Å². The Bertz CT molecular complexity index is 344. The third-order valence-electron chi connectivity index (χ3n) is 3.04. The molecule has 1 rings (SSSR count). The average molecular weight is 239 g/mol. The van der Waals surface area contributed by atoms with Crippen molar-refractivity contribution >= 4 is 5.95 Å². The number of hydrogen-bond donors (Lipinski definition) is 1. The molecule has 0 fully saturated rings. The van der Waals surface area contributed by atoms with Crippen molar-refractivity contribution in [2.75, 3.05) is 25.6 Å². The summed E-state index contributed by atoms with van der Waals surface area (Å²) in [6.07, 6.45) is 3.26. The SMILES string of the molecule is CCC(C)(C)Cn1cc(C)nc1NCCOC. The molecule has 1 aromatic heterocycles. The molecule has 0 bridgehead atoms. The van der Waals surface area contributed by atoms with Crippen molar-refractivity contribution in [3.8, 4) is 0 Å². The van der Waals surface area contributed by atoms with Gasteiger partial charge in [-0.05, 0) is 18.8 Å². The minimum Gasteiger partial charge on any atom is -0.383 e. The molecule has 0 radical (unpaired) electrons. The minimum atomic E-state index is 0.296. The average Bonchev–Trinajstić information content (AvgIpc) is 2.59. The zero-order chi connectivity index (χ0) is 12.9. The van der Waals surface area contributed by atoms with E-state index in [1.807, 2.05) is 6.92 Å². The number of nitrogens with zero attached hydrogens (tertiary/aromatic N) is 2. The fourth-order valence-corrected chi connectivity index (χ4v) is 1.65. The molecule has 0 saturated heterocycles. The Hall–Kier alpha value is -1.03. The summed E-state index contributed by atoms with van der Waals surface area (Å²) >= 11 is 0. The minimum absolute atomic E-state index is 0.296. The van der Waals surface area contributed by atoms with Crippen LogP contribution in [0.1, 0.15) is 32.9 Å². The van der Waals surface area contributed by atoms with Gasteiger partial charge in [-0.3, -0.25) is 0 Å². The van der Waals surface area contributed by atoms with Crippen LogP contribution in [0.5, 0.6) is 0 Å². The lowest BCUT2D eigenvalue weighted by Gasteiger charge is -2.24. The Morgan fingerprint density at radius 2 is 2.18 bits per heavy atom. The zero-order valence-corrected chi connectivity index (χ0v) is 11.7. The highest BCUT2D eigenvalue weighted by Crippen LogP contribution is 2.24. The molecule has 0 aliphatic carbocycles. The molecule has 1 aromatic rings. The summed E-state index contributed by atoms with van der Waals surface area (Å²) in [4.78, 5) is 4.50. The molecule has 17 heavy (non-hydrogen) atoms. The molecule has 0 unspecified atom stereocenters. The largest absolute Gasteiger partial charge is 0.383 e. The molecule has 98 valence electrons. The number of methoxy groups -OCH3 is 1. The second kappa shape index (κ2) is 6.05. The maximum absolute atomic E-state index is 5.03. The number of ether oxygens (including phenoxy) is 1. The molecule has 0 atom stereocenters.